The molecule has 0 spiro atoms. The lowest BCUT2D eigenvalue weighted by atomic mass is 10.2. The number of thiazole rings is 1. The molecule has 0 atom stereocenters. The number of nitrogens with zero attached hydrogens (tertiary/aromatic N) is 2. The van der Waals surface area contributed by atoms with E-state index in [1.54, 1.807) is 11.3 Å². The van der Waals surface area contributed by atoms with Crippen LogP contribution in [-0.2, 0) is 16.0 Å². The number of carboxylic acid groups (broad SMARTS) is 1. The summed E-state index contributed by atoms with van der Waals surface area (Å²) < 4.78 is 2.05. The molecule has 0 bridgehead atoms. The maximum absolute atomic E-state index is 12.2. The Morgan fingerprint density at radius 2 is 2.14 bits per heavy atom. The average Bonchev–Trinajstić information content (AvgIpc) is 2.83. The van der Waals surface area contributed by atoms with Gasteiger partial charge < -0.3 is 10.0 Å². The Bertz CT molecular complexity index is 699. The third-order valence-electron chi connectivity index (χ3n) is 3.20. The fourth-order valence-electron chi connectivity index (χ4n) is 2.12. The minimum atomic E-state index is -0.994. The van der Waals surface area contributed by atoms with E-state index in [0.717, 1.165) is 19.7 Å². The minimum absolute atomic E-state index is 0.130. The van der Waals surface area contributed by atoms with E-state index in [9.17, 15) is 9.59 Å². The number of fused-ring (bicyclic) bond motifs is 1. The van der Waals surface area contributed by atoms with Gasteiger partial charge in [-0.2, -0.15) is 0 Å². The van der Waals surface area contributed by atoms with E-state index in [4.69, 9.17) is 5.11 Å². The van der Waals surface area contributed by atoms with Gasteiger partial charge in [-0.1, -0.05) is 15.9 Å². The summed E-state index contributed by atoms with van der Waals surface area (Å²) in [4.78, 5) is 28.9. The van der Waals surface area contributed by atoms with Crippen LogP contribution < -0.4 is 0 Å². The zero-order chi connectivity index (χ0) is 16.3. The van der Waals surface area contributed by atoms with E-state index in [2.05, 4.69) is 20.9 Å². The molecule has 118 valence electrons. The first-order valence-corrected chi connectivity index (χ1v) is 8.54. The molecule has 7 heteroatoms. The van der Waals surface area contributed by atoms with Crippen LogP contribution in [0.4, 0.5) is 0 Å². The summed E-state index contributed by atoms with van der Waals surface area (Å²) >= 11 is 4.97. The number of carbonyl (C=O) groups excluding carboxylic acids is 1. The van der Waals surface area contributed by atoms with E-state index >= 15 is 0 Å². The van der Waals surface area contributed by atoms with Crippen molar-refractivity contribution in [2.45, 2.75) is 32.7 Å². The summed E-state index contributed by atoms with van der Waals surface area (Å²) in [6.07, 6.45) is 0.797. The molecule has 0 aliphatic heterocycles. The van der Waals surface area contributed by atoms with Crippen LogP contribution in [0.5, 0.6) is 0 Å². The summed E-state index contributed by atoms with van der Waals surface area (Å²) in [5, 5.41) is 9.77. The Balaban J connectivity index is 2.03. The first-order chi connectivity index (χ1) is 10.4. The number of aryl methyl sites for hydroxylation is 1. The molecule has 2 aromatic rings. The number of amides is 1. The summed E-state index contributed by atoms with van der Waals surface area (Å²) in [5.41, 5.74) is 0.910. The highest BCUT2D eigenvalue weighted by Crippen LogP contribution is 2.26. The Kier molecular flexibility index (Phi) is 5.52. The molecule has 2 rings (SSSR count). The summed E-state index contributed by atoms with van der Waals surface area (Å²) in [6, 6.07) is 5.77. The zero-order valence-electron chi connectivity index (χ0n) is 12.4. The van der Waals surface area contributed by atoms with Crippen LogP contribution >= 0.6 is 27.3 Å². The largest absolute Gasteiger partial charge is 0.480 e. The maximum Gasteiger partial charge on any atom is 0.323 e. The Morgan fingerprint density at radius 1 is 1.41 bits per heavy atom. The smallest absolute Gasteiger partial charge is 0.323 e. The van der Waals surface area contributed by atoms with E-state index in [1.807, 2.05) is 32.0 Å². The molecular formula is C15H17BrN2O3S. The molecule has 1 heterocycles. The summed E-state index contributed by atoms with van der Waals surface area (Å²) in [6.45, 7) is 3.37. The number of halogens is 1. The second kappa shape index (κ2) is 7.19. The molecule has 1 aromatic carbocycles. The van der Waals surface area contributed by atoms with Gasteiger partial charge in [0, 0.05) is 23.4 Å². The molecule has 0 radical (unpaired) electrons. The van der Waals surface area contributed by atoms with Crippen LogP contribution in [0, 0.1) is 0 Å². The number of benzene rings is 1. The minimum Gasteiger partial charge on any atom is -0.480 e. The Hall–Kier alpha value is -1.47. The number of hydrogen-bond donors (Lipinski definition) is 1. The third-order valence-corrected chi connectivity index (χ3v) is 4.79. The predicted octanol–water partition coefficient (Wildman–Crippen LogP) is 3.31. The first-order valence-electron chi connectivity index (χ1n) is 6.93. The number of rotatable bonds is 6. The van der Waals surface area contributed by atoms with Crippen LogP contribution in [0.2, 0.25) is 0 Å². The van der Waals surface area contributed by atoms with Crippen molar-refractivity contribution < 1.29 is 14.7 Å². The Labute approximate surface area is 141 Å². The van der Waals surface area contributed by atoms with Gasteiger partial charge in [0.25, 0.3) is 0 Å². The predicted molar refractivity (Wildman–Crippen MR) is 90.1 cm³/mol. The Morgan fingerprint density at radius 3 is 2.77 bits per heavy atom. The second-order valence-corrected chi connectivity index (χ2v) is 7.26. The average molecular weight is 385 g/mol. The molecule has 1 amide bonds. The number of carbonyl (C=O) groups is 2. The summed E-state index contributed by atoms with van der Waals surface area (Å²) in [5.74, 6) is -1.15. The molecule has 0 saturated carbocycles. The van der Waals surface area contributed by atoms with Crippen molar-refractivity contribution >= 4 is 49.4 Å². The number of aliphatic carboxylic acids is 1. The number of hydrogen-bond acceptors (Lipinski definition) is 4. The van der Waals surface area contributed by atoms with E-state index in [1.165, 1.54) is 4.90 Å². The first kappa shape index (κ1) is 16.9. The third kappa shape index (κ3) is 4.27. The van der Waals surface area contributed by atoms with Crippen LogP contribution in [0.1, 0.15) is 25.3 Å². The molecule has 22 heavy (non-hydrogen) atoms. The normalized spacial score (nSPS) is 11.1. The lowest BCUT2D eigenvalue weighted by Gasteiger charge is -2.24. The van der Waals surface area contributed by atoms with E-state index in [0.29, 0.717) is 6.42 Å². The highest BCUT2D eigenvalue weighted by molar-refractivity contribution is 9.10. The molecule has 0 unspecified atom stereocenters. The van der Waals surface area contributed by atoms with Crippen molar-refractivity contribution in [3.63, 3.8) is 0 Å². The topological polar surface area (TPSA) is 70.5 Å². The standard InChI is InChI=1S/C15H17BrN2O3S/c1-9(2)18(8-15(20)21)14(19)6-5-13-17-11-7-10(16)3-4-12(11)22-13/h3-4,7,9H,5-6,8H2,1-2H3,(H,20,21). The lowest BCUT2D eigenvalue weighted by Crippen LogP contribution is -2.40. The molecule has 1 N–H and O–H groups in total. The van der Waals surface area contributed by atoms with E-state index in [-0.39, 0.29) is 24.9 Å². The van der Waals surface area contributed by atoms with Crippen LogP contribution in [0.25, 0.3) is 10.2 Å². The van der Waals surface area contributed by atoms with Gasteiger partial charge >= 0.3 is 5.97 Å². The van der Waals surface area contributed by atoms with Crippen molar-refractivity contribution in [1.29, 1.82) is 0 Å². The van der Waals surface area contributed by atoms with Gasteiger partial charge in [0.2, 0.25) is 5.91 Å². The molecule has 5 nitrogen and oxygen atoms in total. The SMILES string of the molecule is CC(C)N(CC(=O)O)C(=O)CCc1nc2cc(Br)ccc2s1. The summed E-state index contributed by atoms with van der Waals surface area (Å²) in [7, 11) is 0. The molecule has 0 saturated heterocycles. The van der Waals surface area contributed by atoms with Gasteiger partial charge in [0.1, 0.15) is 6.54 Å². The van der Waals surface area contributed by atoms with Crippen molar-refractivity contribution in [1.82, 2.24) is 9.88 Å². The highest BCUT2D eigenvalue weighted by atomic mass is 79.9. The highest BCUT2D eigenvalue weighted by Gasteiger charge is 2.20. The lowest BCUT2D eigenvalue weighted by molar-refractivity contribution is -0.145. The molecular weight excluding hydrogens is 368 g/mol. The van der Waals surface area contributed by atoms with Gasteiger partial charge in [0.15, 0.2) is 0 Å². The second-order valence-electron chi connectivity index (χ2n) is 5.23. The molecule has 0 aliphatic carbocycles. The molecule has 1 aromatic heterocycles. The number of aromatic nitrogens is 1. The number of carboxylic acids is 1. The molecule has 0 aliphatic rings. The van der Waals surface area contributed by atoms with Crippen LogP contribution in [0.15, 0.2) is 22.7 Å². The van der Waals surface area contributed by atoms with Crippen LogP contribution in [0.3, 0.4) is 0 Å². The van der Waals surface area contributed by atoms with Crippen LogP contribution in [-0.4, -0.2) is 39.5 Å². The monoisotopic (exact) mass is 384 g/mol. The fraction of sp³-hybridized carbons (Fsp3) is 0.400. The fourth-order valence-corrected chi connectivity index (χ4v) is 3.41. The van der Waals surface area contributed by atoms with Crippen molar-refractivity contribution in [2.24, 2.45) is 0 Å². The van der Waals surface area contributed by atoms with Gasteiger partial charge in [-0.3, -0.25) is 9.59 Å². The van der Waals surface area contributed by atoms with Gasteiger partial charge in [-0.15, -0.1) is 11.3 Å². The quantitative estimate of drug-likeness (QED) is 0.828. The zero-order valence-corrected chi connectivity index (χ0v) is 14.8. The van der Waals surface area contributed by atoms with Crippen molar-refractivity contribution in [3.8, 4) is 0 Å². The molecule has 0 fully saturated rings. The van der Waals surface area contributed by atoms with E-state index < -0.39 is 5.97 Å². The van der Waals surface area contributed by atoms with Crippen molar-refractivity contribution in [3.05, 3.63) is 27.7 Å². The van der Waals surface area contributed by atoms with Crippen molar-refractivity contribution in [2.75, 3.05) is 6.54 Å². The van der Waals surface area contributed by atoms with Gasteiger partial charge in [-0.05, 0) is 32.0 Å². The maximum atomic E-state index is 12.2. The van der Waals surface area contributed by atoms with Gasteiger partial charge in [-0.25, -0.2) is 4.98 Å². The van der Waals surface area contributed by atoms with Gasteiger partial charge in [0.05, 0.1) is 15.2 Å².